The van der Waals surface area contributed by atoms with Crippen molar-refractivity contribution in [3.05, 3.63) is 88.8 Å². The molecule has 1 aromatic heterocycles. The van der Waals surface area contributed by atoms with Gasteiger partial charge >= 0.3 is 6.18 Å². The van der Waals surface area contributed by atoms with Crippen LogP contribution >= 0.6 is 11.3 Å². The van der Waals surface area contributed by atoms with Crippen LogP contribution in [0.4, 0.5) is 24.0 Å². The zero-order chi connectivity index (χ0) is 22.9. The number of hydrogen-bond donors (Lipinski definition) is 2. The molecule has 0 aliphatic carbocycles. The summed E-state index contributed by atoms with van der Waals surface area (Å²) in [5.74, 6) is -0.513. The Morgan fingerprint density at radius 1 is 1.00 bits per heavy atom. The molecule has 0 fully saturated rings. The molecule has 1 heterocycles. The van der Waals surface area contributed by atoms with Gasteiger partial charge in [0.25, 0.3) is 0 Å². The number of nitrogens with one attached hydrogen (secondary N) is 1. The number of hydrogen-bond acceptors (Lipinski definition) is 4. The Morgan fingerprint density at radius 3 is 2.53 bits per heavy atom. The Balaban J connectivity index is 1.64. The number of carbonyl (C=O) groups excluding carboxylic acids is 1. The second-order valence-corrected chi connectivity index (χ2v) is 8.04. The summed E-state index contributed by atoms with van der Waals surface area (Å²) >= 11 is 1.29. The van der Waals surface area contributed by atoms with E-state index in [1.165, 1.54) is 17.4 Å². The van der Waals surface area contributed by atoms with Crippen molar-refractivity contribution in [1.29, 1.82) is 0 Å². The van der Waals surface area contributed by atoms with Crippen LogP contribution in [0.2, 0.25) is 0 Å². The average molecular weight is 453 g/mol. The maximum absolute atomic E-state index is 13.0. The van der Waals surface area contributed by atoms with Gasteiger partial charge in [0.2, 0.25) is 5.91 Å². The van der Waals surface area contributed by atoms with Gasteiger partial charge in [0, 0.05) is 22.2 Å². The summed E-state index contributed by atoms with van der Waals surface area (Å²) in [5, 5.41) is 5.49. The molecule has 3 N–H and O–H groups in total. The maximum atomic E-state index is 13.0. The molecule has 0 unspecified atom stereocenters. The number of anilines is 2. The zero-order valence-corrected chi connectivity index (χ0v) is 17.7. The number of nitrogens with two attached hydrogens (primary N) is 1. The van der Waals surface area contributed by atoms with E-state index in [1.54, 1.807) is 23.6 Å². The second-order valence-electron chi connectivity index (χ2n) is 7.18. The molecule has 8 heteroatoms. The predicted octanol–water partition coefficient (Wildman–Crippen LogP) is 6.65. The van der Waals surface area contributed by atoms with Gasteiger partial charge in [-0.15, -0.1) is 11.3 Å². The highest BCUT2D eigenvalue weighted by atomic mass is 32.1. The van der Waals surface area contributed by atoms with Crippen LogP contribution in [0.3, 0.4) is 0 Å². The summed E-state index contributed by atoms with van der Waals surface area (Å²) in [6, 6.07) is 17.9. The Labute approximate surface area is 186 Å². The fourth-order valence-corrected chi connectivity index (χ4v) is 4.04. The quantitative estimate of drug-likeness (QED) is 0.356. The summed E-state index contributed by atoms with van der Waals surface area (Å²) in [6.07, 6.45) is -4.41. The molecule has 0 saturated heterocycles. The Bertz CT molecular complexity index is 1300. The lowest BCUT2D eigenvalue weighted by atomic mass is 9.97. The van der Waals surface area contributed by atoms with Crippen LogP contribution in [0.25, 0.3) is 22.4 Å². The third kappa shape index (κ3) is 4.50. The molecule has 162 valence electrons. The highest BCUT2D eigenvalue weighted by molar-refractivity contribution is 7.14. The number of thiazole rings is 1. The molecule has 0 radical (unpaired) electrons. The van der Waals surface area contributed by atoms with Crippen LogP contribution in [0.1, 0.15) is 21.5 Å². The van der Waals surface area contributed by atoms with Crippen molar-refractivity contribution in [3.8, 4) is 22.4 Å². The molecule has 0 atom stereocenters. The molecule has 0 aliphatic rings. The SMILES string of the molecule is Cc1ccc(-c2ccccc2C(N)=O)cc1Nc1nc(-c2cccc(C(F)(F)F)c2)cs1. The van der Waals surface area contributed by atoms with E-state index in [2.05, 4.69) is 10.3 Å². The van der Waals surface area contributed by atoms with E-state index in [1.807, 2.05) is 37.3 Å². The number of alkyl halides is 3. The Hall–Kier alpha value is -3.65. The molecular formula is C24H18F3N3OS. The molecule has 32 heavy (non-hydrogen) atoms. The number of aryl methyl sites for hydroxylation is 1. The Morgan fingerprint density at radius 2 is 1.78 bits per heavy atom. The van der Waals surface area contributed by atoms with E-state index in [9.17, 15) is 18.0 Å². The van der Waals surface area contributed by atoms with Crippen molar-refractivity contribution in [1.82, 2.24) is 4.98 Å². The van der Waals surface area contributed by atoms with E-state index in [0.29, 0.717) is 27.5 Å². The van der Waals surface area contributed by atoms with Gasteiger partial charge in [0.05, 0.1) is 11.3 Å². The number of rotatable bonds is 5. The first-order valence-corrected chi connectivity index (χ1v) is 10.5. The molecule has 0 aliphatic heterocycles. The first-order valence-electron chi connectivity index (χ1n) is 9.62. The van der Waals surface area contributed by atoms with E-state index in [-0.39, 0.29) is 0 Å². The van der Waals surface area contributed by atoms with Crippen LogP contribution in [-0.2, 0) is 6.18 Å². The lowest BCUT2D eigenvalue weighted by Gasteiger charge is -2.12. The van der Waals surface area contributed by atoms with Crippen molar-refractivity contribution in [2.45, 2.75) is 13.1 Å². The minimum absolute atomic E-state index is 0.394. The first-order chi connectivity index (χ1) is 15.2. The highest BCUT2D eigenvalue weighted by Gasteiger charge is 2.30. The Kier molecular flexibility index (Phi) is 5.71. The summed E-state index contributed by atoms with van der Waals surface area (Å²) < 4.78 is 39.1. The number of nitrogens with zero attached hydrogens (tertiary/aromatic N) is 1. The number of halogens is 3. The van der Waals surface area contributed by atoms with Gasteiger partial charge in [-0.2, -0.15) is 13.2 Å². The summed E-state index contributed by atoms with van der Waals surface area (Å²) in [6.45, 7) is 1.92. The van der Waals surface area contributed by atoms with Gasteiger partial charge < -0.3 is 11.1 Å². The third-order valence-electron chi connectivity index (χ3n) is 4.97. The molecule has 0 bridgehead atoms. The van der Waals surface area contributed by atoms with Gasteiger partial charge in [0.1, 0.15) is 0 Å². The molecule has 4 nitrogen and oxygen atoms in total. The van der Waals surface area contributed by atoms with E-state index in [4.69, 9.17) is 5.73 Å². The number of aromatic nitrogens is 1. The standard InChI is InChI=1S/C24H18F3N3OS/c1-14-9-10-15(18-7-2-3-8-19(18)22(28)31)12-20(14)29-23-30-21(13-32-23)16-5-4-6-17(11-16)24(25,26)27/h2-13H,1H3,(H2,28,31)(H,29,30). The number of carbonyl (C=O) groups is 1. The predicted molar refractivity (Wildman–Crippen MR) is 121 cm³/mol. The monoisotopic (exact) mass is 453 g/mol. The highest BCUT2D eigenvalue weighted by Crippen LogP contribution is 2.35. The van der Waals surface area contributed by atoms with Crippen molar-refractivity contribution >= 4 is 28.1 Å². The molecular weight excluding hydrogens is 435 g/mol. The van der Waals surface area contributed by atoms with Gasteiger partial charge in [-0.25, -0.2) is 4.98 Å². The first kappa shape index (κ1) is 21.6. The molecule has 4 rings (SSSR count). The molecule has 0 spiro atoms. The van der Waals surface area contributed by atoms with Crippen LogP contribution in [0.15, 0.2) is 72.1 Å². The van der Waals surface area contributed by atoms with Crippen molar-refractivity contribution < 1.29 is 18.0 Å². The zero-order valence-electron chi connectivity index (χ0n) is 16.9. The van der Waals surface area contributed by atoms with Crippen LogP contribution in [0.5, 0.6) is 0 Å². The van der Waals surface area contributed by atoms with E-state index < -0.39 is 17.6 Å². The third-order valence-corrected chi connectivity index (χ3v) is 5.73. The largest absolute Gasteiger partial charge is 0.416 e. The fourth-order valence-electron chi connectivity index (χ4n) is 3.31. The van der Waals surface area contributed by atoms with Gasteiger partial charge in [-0.3, -0.25) is 4.79 Å². The topological polar surface area (TPSA) is 68.0 Å². The molecule has 0 saturated carbocycles. The van der Waals surface area contributed by atoms with Crippen molar-refractivity contribution in [2.24, 2.45) is 5.73 Å². The normalized spacial score (nSPS) is 11.4. The second kappa shape index (κ2) is 8.47. The summed E-state index contributed by atoms with van der Waals surface area (Å²) in [7, 11) is 0. The van der Waals surface area contributed by atoms with E-state index >= 15 is 0 Å². The lowest BCUT2D eigenvalue weighted by Crippen LogP contribution is -2.12. The lowest BCUT2D eigenvalue weighted by molar-refractivity contribution is -0.137. The van der Waals surface area contributed by atoms with Crippen LogP contribution in [-0.4, -0.2) is 10.9 Å². The summed E-state index contributed by atoms with van der Waals surface area (Å²) in [5.41, 5.74) is 9.30. The molecule has 1 amide bonds. The number of primary amides is 1. The van der Waals surface area contributed by atoms with Gasteiger partial charge in [-0.05, 0) is 47.9 Å². The minimum Gasteiger partial charge on any atom is -0.366 e. The smallest absolute Gasteiger partial charge is 0.366 e. The van der Waals surface area contributed by atoms with Crippen LogP contribution in [0, 0.1) is 6.92 Å². The van der Waals surface area contributed by atoms with Crippen molar-refractivity contribution in [2.75, 3.05) is 5.32 Å². The average Bonchev–Trinajstić information content (AvgIpc) is 3.23. The summed E-state index contributed by atoms with van der Waals surface area (Å²) in [4.78, 5) is 16.2. The maximum Gasteiger partial charge on any atom is 0.416 e. The van der Waals surface area contributed by atoms with Gasteiger partial charge in [-0.1, -0.05) is 42.5 Å². The number of benzene rings is 3. The molecule has 4 aromatic rings. The van der Waals surface area contributed by atoms with Crippen molar-refractivity contribution in [3.63, 3.8) is 0 Å². The van der Waals surface area contributed by atoms with Gasteiger partial charge in [0.15, 0.2) is 5.13 Å². The number of amides is 1. The fraction of sp³-hybridized carbons (Fsp3) is 0.0833. The van der Waals surface area contributed by atoms with Crippen LogP contribution < -0.4 is 11.1 Å². The molecule has 3 aromatic carbocycles. The minimum atomic E-state index is -4.41. The van der Waals surface area contributed by atoms with E-state index in [0.717, 1.165) is 28.9 Å².